The van der Waals surface area contributed by atoms with E-state index >= 15 is 0 Å². The molecule has 1 heterocycles. The first-order chi connectivity index (χ1) is 16.1. The summed E-state index contributed by atoms with van der Waals surface area (Å²) in [5.41, 5.74) is 2.24. The zero-order chi connectivity index (χ0) is 24.7. The molecule has 4 rings (SSSR count). The number of aryl methyl sites for hydroxylation is 1. The number of carbonyl (C=O) groups is 2. The average Bonchev–Trinajstić information content (AvgIpc) is 3.15. The Hall–Kier alpha value is -1.58. The van der Waals surface area contributed by atoms with Crippen molar-refractivity contribution in [2.45, 2.75) is 99.3 Å². The zero-order valence-corrected chi connectivity index (χ0v) is 22.3. The van der Waals surface area contributed by atoms with Crippen LogP contribution in [0.4, 0.5) is 0 Å². The first-order valence-electron chi connectivity index (χ1n) is 13.9. The highest BCUT2D eigenvalue weighted by molar-refractivity contribution is 5.60. The monoisotopic (exact) mass is 466 g/mol. The van der Waals surface area contributed by atoms with Crippen molar-refractivity contribution in [3.05, 3.63) is 23.3 Å². The third kappa shape index (κ3) is 4.39. The number of rotatable bonds is 8. The summed E-state index contributed by atoms with van der Waals surface area (Å²) in [7, 11) is 0. The summed E-state index contributed by atoms with van der Waals surface area (Å²) in [4.78, 5) is 34.2. The predicted molar refractivity (Wildman–Crippen MR) is 136 cm³/mol. The van der Waals surface area contributed by atoms with E-state index in [-0.39, 0.29) is 28.6 Å². The average molecular weight is 467 g/mol. The summed E-state index contributed by atoms with van der Waals surface area (Å²) in [5, 5.41) is 0. The van der Waals surface area contributed by atoms with E-state index < -0.39 is 0 Å². The minimum atomic E-state index is -0.207. The molecule has 0 spiro atoms. The Bertz CT molecular complexity index is 898. The van der Waals surface area contributed by atoms with Crippen LogP contribution in [-0.2, 0) is 22.4 Å². The van der Waals surface area contributed by atoms with Gasteiger partial charge in [-0.05, 0) is 85.0 Å². The second-order valence-electron chi connectivity index (χ2n) is 13.0. The number of fused-ring (bicyclic) bond motifs is 2. The van der Waals surface area contributed by atoms with Crippen molar-refractivity contribution >= 4 is 12.6 Å². The third-order valence-corrected chi connectivity index (χ3v) is 10.6. The largest absolute Gasteiger partial charge is 0.303 e. The summed E-state index contributed by atoms with van der Waals surface area (Å²) in [6.45, 7) is 13.8. The molecule has 0 aliphatic heterocycles. The minimum absolute atomic E-state index is 0.0481. The van der Waals surface area contributed by atoms with E-state index in [0.717, 1.165) is 48.9 Å². The van der Waals surface area contributed by atoms with Gasteiger partial charge in [-0.3, -0.25) is 0 Å². The number of hydrogen-bond donors (Lipinski definition) is 0. The van der Waals surface area contributed by atoms with E-state index in [4.69, 9.17) is 0 Å². The van der Waals surface area contributed by atoms with Crippen LogP contribution in [0, 0.1) is 59.2 Å². The van der Waals surface area contributed by atoms with Crippen molar-refractivity contribution < 1.29 is 9.59 Å². The molecule has 2 saturated carbocycles. The van der Waals surface area contributed by atoms with Crippen LogP contribution in [0.15, 0.2) is 6.20 Å². The minimum Gasteiger partial charge on any atom is -0.303 e. The van der Waals surface area contributed by atoms with Crippen molar-refractivity contribution in [2.24, 2.45) is 52.3 Å². The molecule has 0 N–H and O–H groups in total. The molecule has 188 valence electrons. The Morgan fingerprint density at radius 3 is 2.44 bits per heavy atom. The molecule has 3 aliphatic rings. The second kappa shape index (κ2) is 9.82. The van der Waals surface area contributed by atoms with Gasteiger partial charge >= 0.3 is 0 Å². The Labute approximate surface area is 207 Å². The van der Waals surface area contributed by atoms with Crippen molar-refractivity contribution in [1.29, 1.82) is 0 Å². The van der Waals surface area contributed by atoms with Crippen molar-refractivity contribution in [3.8, 4) is 0 Å². The van der Waals surface area contributed by atoms with Gasteiger partial charge in [-0.25, -0.2) is 9.97 Å². The third-order valence-electron chi connectivity index (χ3n) is 10.6. The number of nitrogens with zero attached hydrogens (tertiary/aromatic N) is 2. The fraction of sp³-hybridized carbons (Fsp3) is 0.800. The van der Waals surface area contributed by atoms with Crippen molar-refractivity contribution in [2.75, 3.05) is 0 Å². The summed E-state index contributed by atoms with van der Waals surface area (Å²) < 4.78 is 0. The van der Waals surface area contributed by atoms with E-state index in [1.807, 2.05) is 13.1 Å². The van der Waals surface area contributed by atoms with Crippen LogP contribution in [0.2, 0.25) is 0 Å². The molecule has 4 nitrogen and oxygen atoms in total. The summed E-state index contributed by atoms with van der Waals surface area (Å²) in [6, 6.07) is 0. The lowest BCUT2D eigenvalue weighted by atomic mass is 9.48. The van der Waals surface area contributed by atoms with Crippen LogP contribution < -0.4 is 0 Å². The van der Waals surface area contributed by atoms with Gasteiger partial charge < -0.3 is 9.59 Å². The molecule has 0 saturated heterocycles. The van der Waals surface area contributed by atoms with E-state index in [1.54, 1.807) is 0 Å². The van der Waals surface area contributed by atoms with E-state index in [9.17, 15) is 9.59 Å². The van der Waals surface area contributed by atoms with Crippen LogP contribution in [0.5, 0.6) is 0 Å². The van der Waals surface area contributed by atoms with Crippen LogP contribution in [0.1, 0.15) is 96.6 Å². The second-order valence-corrected chi connectivity index (χ2v) is 13.0. The van der Waals surface area contributed by atoms with Crippen molar-refractivity contribution in [1.82, 2.24) is 9.97 Å². The molecule has 1 aromatic rings. The van der Waals surface area contributed by atoms with Gasteiger partial charge in [0, 0.05) is 30.1 Å². The Morgan fingerprint density at radius 1 is 1.03 bits per heavy atom. The first kappa shape index (κ1) is 25.5. The molecular formula is C30H46N2O2. The Kier molecular flexibility index (Phi) is 7.37. The van der Waals surface area contributed by atoms with Crippen molar-refractivity contribution in [3.63, 3.8) is 0 Å². The molecular weight excluding hydrogens is 420 g/mol. The molecule has 0 bridgehead atoms. The maximum absolute atomic E-state index is 12.7. The van der Waals surface area contributed by atoms with Gasteiger partial charge in [-0.1, -0.05) is 53.9 Å². The quantitative estimate of drug-likeness (QED) is 0.415. The van der Waals surface area contributed by atoms with Gasteiger partial charge in [0.25, 0.3) is 0 Å². The van der Waals surface area contributed by atoms with E-state index in [2.05, 4.69) is 44.6 Å². The highest BCUT2D eigenvalue weighted by atomic mass is 16.1. The summed E-state index contributed by atoms with van der Waals surface area (Å²) >= 11 is 0. The molecule has 8 atom stereocenters. The highest BCUT2D eigenvalue weighted by Crippen LogP contribution is 2.64. The molecule has 3 aliphatic carbocycles. The van der Waals surface area contributed by atoms with Crippen LogP contribution in [0.25, 0.3) is 0 Å². The standard InChI is InChI=1S/C30H46N2O2/c1-19(2)8-7-9-20(3)25-10-11-26-24(18-34)27(12-13-29(25,26)5)30(6)15-22-16-31-21(4)32-28(22)14-23(30)17-33/h16-20,23-27H,7-15H2,1-6H3/t20-,23-,24+,25-,26+,27+,29-,30+/m1/s1. The van der Waals surface area contributed by atoms with Crippen LogP contribution in [-0.4, -0.2) is 22.5 Å². The topological polar surface area (TPSA) is 59.9 Å². The van der Waals surface area contributed by atoms with Gasteiger partial charge in [0.1, 0.15) is 18.4 Å². The van der Waals surface area contributed by atoms with Crippen LogP contribution in [0.3, 0.4) is 0 Å². The number of hydrogen-bond acceptors (Lipinski definition) is 4. The fourth-order valence-electron chi connectivity index (χ4n) is 8.64. The van der Waals surface area contributed by atoms with E-state index in [0.29, 0.717) is 18.3 Å². The maximum atomic E-state index is 12.7. The zero-order valence-electron chi connectivity index (χ0n) is 22.3. The van der Waals surface area contributed by atoms with Gasteiger partial charge in [-0.2, -0.15) is 0 Å². The number of carbonyl (C=O) groups excluding carboxylic acids is 2. The van der Waals surface area contributed by atoms with Gasteiger partial charge in [0.05, 0.1) is 0 Å². The molecule has 2 fully saturated rings. The summed E-state index contributed by atoms with van der Waals surface area (Å²) in [6.07, 6.45) is 14.5. The first-order valence-corrected chi connectivity index (χ1v) is 13.9. The fourth-order valence-corrected chi connectivity index (χ4v) is 8.64. The van der Waals surface area contributed by atoms with Gasteiger partial charge in [0.15, 0.2) is 0 Å². The molecule has 0 aromatic carbocycles. The molecule has 0 amide bonds. The smallest absolute Gasteiger partial charge is 0.125 e. The molecule has 34 heavy (non-hydrogen) atoms. The van der Waals surface area contributed by atoms with Gasteiger partial charge in [0.2, 0.25) is 0 Å². The van der Waals surface area contributed by atoms with Gasteiger partial charge in [-0.15, -0.1) is 0 Å². The number of aldehydes is 2. The highest BCUT2D eigenvalue weighted by Gasteiger charge is 2.59. The Morgan fingerprint density at radius 2 is 1.76 bits per heavy atom. The lowest BCUT2D eigenvalue weighted by molar-refractivity contribution is -0.132. The lowest BCUT2D eigenvalue weighted by Gasteiger charge is -2.55. The SMILES string of the molecule is Cc1ncc2c(n1)C[C@H](C=O)[C@@](C)([C@H]1CC[C@]3(C)[C@@H]([C@H](C)CCCC(C)C)CC[C@H]3[C@@H]1C=O)C2. The maximum Gasteiger partial charge on any atom is 0.125 e. The van der Waals surface area contributed by atoms with E-state index in [1.165, 1.54) is 44.0 Å². The molecule has 0 radical (unpaired) electrons. The molecule has 4 heteroatoms. The molecule has 0 unspecified atom stereocenters. The molecule has 1 aromatic heterocycles. The van der Waals surface area contributed by atoms with Crippen LogP contribution >= 0.6 is 0 Å². The normalized spacial score (nSPS) is 38.3. The number of aromatic nitrogens is 2. The summed E-state index contributed by atoms with van der Waals surface area (Å²) in [5.74, 6) is 3.64. The predicted octanol–water partition coefficient (Wildman–Crippen LogP) is 6.43. The lowest BCUT2D eigenvalue weighted by Crippen LogP contribution is -2.52. The Balaban J connectivity index is 1.57.